The normalized spacial score (nSPS) is 25.6. The Morgan fingerprint density at radius 3 is 2.08 bits per heavy atom. The van der Waals surface area contributed by atoms with Crippen molar-refractivity contribution in [2.75, 3.05) is 0 Å². The lowest BCUT2D eigenvalue weighted by molar-refractivity contribution is -0.116. The minimum Gasteiger partial charge on any atom is -0.446 e. The van der Waals surface area contributed by atoms with Crippen LogP contribution in [0.4, 0.5) is 4.79 Å². The van der Waals surface area contributed by atoms with Crippen molar-refractivity contribution < 1.29 is 14.3 Å². The summed E-state index contributed by atoms with van der Waals surface area (Å²) >= 11 is 0. The van der Waals surface area contributed by atoms with Gasteiger partial charge in [0.1, 0.15) is 14.2 Å². The van der Waals surface area contributed by atoms with E-state index in [9.17, 15) is 9.59 Å². The molecule has 0 radical (unpaired) electrons. The molecule has 3 rings (SSSR count). The summed E-state index contributed by atoms with van der Waals surface area (Å²) in [7, 11) is -2.20. The van der Waals surface area contributed by atoms with Gasteiger partial charge in [-0.1, -0.05) is 99.1 Å². The van der Waals surface area contributed by atoms with Crippen molar-refractivity contribution in [1.82, 2.24) is 4.90 Å². The van der Waals surface area contributed by atoms with E-state index < -0.39 is 8.07 Å². The van der Waals surface area contributed by atoms with E-state index in [4.69, 9.17) is 4.74 Å². The molecule has 4 nitrogen and oxygen atoms in total. The van der Waals surface area contributed by atoms with Gasteiger partial charge in [0, 0.05) is 24.6 Å². The van der Waals surface area contributed by atoms with E-state index in [1.807, 2.05) is 13.1 Å². The Labute approximate surface area is 227 Å². The highest BCUT2D eigenvalue weighted by Gasteiger charge is 2.50. The number of nitrogens with zero attached hydrogens (tertiary/aromatic N) is 1. The SMILES string of the molecule is CC(C)[Si](C1=CN(C(=O)O[C@@H]2C[C@H](C)CC[C@H]2C(C)(C)c2ccccc2)[C@@H](C)CC1=O)(C(C)C)C(C)C. The Balaban J connectivity index is 1.95. The number of hydrogen-bond acceptors (Lipinski definition) is 3. The topological polar surface area (TPSA) is 46.6 Å². The van der Waals surface area contributed by atoms with Crippen molar-refractivity contribution in [1.29, 1.82) is 0 Å². The number of allylic oxidation sites excluding steroid dienone is 1. The van der Waals surface area contributed by atoms with E-state index >= 15 is 0 Å². The fourth-order valence-corrected chi connectivity index (χ4v) is 14.7. The molecule has 0 spiro atoms. The van der Waals surface area contributed by atoms with Gasteiger partial charge in [0.2, 0.25) is 0 Å². The highest BCUT2D eigenvalue weighted by atomic mass is 28.3. The highest BCUT2D eigenvalue weighted by molar-refractivity contribution is 6.93. The summed E-state index contributed by atoms with van der Waals surface area (Å²) in [5.41, 5.74) is 2.40. The molecule has 0 saturated heterocycles. The zero-order valence-electron chi connectivity index (χ0n) is 25.0. The van der Waals surface area contributed by atoms with E-state index in [0.29, 0.717) is 29.0 Å². The van der Waals surface area contributed by atoms with E-state index in [0.717, 1.165) is 24.5 Å². The van der Waals surface area contributed by atoms with Crippen molar-refractivity contribution in [3.63, 3.8) is 0 Å². The van der Waals surface area contributed by atoms with Crippen molar-refractivity contribution in [2.45, 2.75) is 129 Å². The highest BCUT2D eigenvalue weighted by Crippen LogP contribution is 2.48. The summed E-state index contributed by atoms with van der Waals surface area (Å²) in [5, 5.41) is 0.931. The third kappa shape index (κ3) is 5.62. The summed E-state index contributed by atoms with van der Waals surface area (Å²) in [4.78, 5) is 29.1. The van der Waals surface area contributed by atoms with Crippen LogP contribution < -0.4 is 0 Å². The summed E-state index contributed by atoms with van der Waals surface area (Å²) in [6.07, 6.45) is 4.95. The average Bonchev–Trinajstić information content (AvgIpc) is 2.80. The number of rotatable bonds is 7. The van der Waals surface area contributed by atoms with Crippen LogP contribution in [0.3, 0.4) is 0 Å². The number of benzene rings is 1. The largest absolute Gasteiger partial charge is 0.446 e. The van der Waals surface area contributed by atoms with E-state index in [1.54, 1.807) is 4.90 Å². The second-order valence-corrected chi connectivity index (χ2v) is 19.2. The first-order valence-electron chi connectivity index (χ1n) is 14.5. The Kier molecular flexibility index (Phi) is 9.20. The number of ketones is 1. The molecule has 0 aromatic heterocycles. The Morgan fingerprint density at radius 2 is 1.54 bits per heavy atom. The van der Waals surface area contributed by atoms with Crippen LogP contribution in [0.2, 0.25) is 16.6 Å². The van der Waals surface area contributed by atoms with E-state index in [2.05, 4.69) is 92.6 Å². The molecule has 1 fully saturated rings. The van der Waals surface area contributed by atoms with Crippen LogP contribution in [-0.4, -0.2) is 37.0 Å². The molecule has 1 aliphatic carbocycles. The first-order valence-corrected chi connectivity index (χ1v) is 16.8. The minimum absolute atomic E-state index is 0.105. The molecule has 1 aliphatic heterocycles. The second kappa shape index (κ2) is 11.5. The standard InChI is InChI=1S/C32H51NO3Si/c1-21(2)37(22(3)4,23(5)6)30-20-33(25(8)19-28(30)34)31(35)36-29-18-24(7)16-17-27(29)32(9,10)26-14-12-11-13-15-26/h11-15,20-25,27,29H,16-19H2,1-10H3/t24-,25+,27-,29-/m1/s1. The number of amides is 1. The molecule has 1 heterocycles. The lowest BCUT2D eigenvalue weighted by atomic mass is 9.64. The summed E-state index contributed by atoms with van der Waals surface area (Å²) in [6.45, 7) is 22.4. The zero-order valence-corrected chi connectivity index (χ0v) is 26.0. The van der Waals surface area contributed by atoms with Gasteiger partial charge in [0.05, 0.1) is 0 Å². The van der Waals surface area contributed by atoms with Crippen LogP contribution in [0, 0.1) is 11.8 Å². The average molecular weight is 526 g/mol. The molecule has 5 heteroatoms. The van der Waals surface area contributed by atoms with Gasteiger partial charge in [-0.2, -0.15) is 0 Å². The molecule has 1 amide bonds. The monoisotopic (exact) mass is 525 g/mol. The number of hydrogen-bond donors (Lipinski definition) is 0. The number of carbonyl (C=O) groups is 2. The van der Waals surface area contributed by atoms with Crippen molar-refractivity contribution in [3.05, 3.63) is 47.3 Å². The zero-order chi connectivity index (χ0) is 27.7. The molecule has 1 aromatic carbocycles. The molecule has 1 aromatic rings. The smallest absolute Gasteiger partial charge is 0.414 e. The molecular weight excluding hydrogens is 474 g/mol. The molecule has 37 heavy (non-hydrogen) atoms. The Bertz CT molecular complexity index is 959. The fraction of sp³-hybridized carbons (Fsp3) is 0.688. The molecule has 1 saturated carbocycles. The van der Waals surface area contributed by atoms with Gasteiger partial charge >= 0.3 is 6.09 Å². The third-order valence-electron chi connectivity index (χ3n) is 9.82. The number of ether oxygens (including phenoxy) is 1. The maximum Gasteiger partial charge on any atom is 0.414 e. The second-order valence-electron chi connectivity index (χ2n) is 13.4. The predicted octanol–water partition coefficient (Wildman–Crippen LogP) is 8.67. The summed E-state index contributed by atoms with van der Waals surface area (Å²) < 4.78 is 6.42. The van der Waals surface area contributed by atoms with Crippen LogP contribution in [-0.2, 0) is 14.9 Å². The van der Waals surface area contributed by atoms with Gasteiger partial charge in [0.25, 0.3) is 0 Å². The van der Waals surface area contributed by atoms with Gasteiger partial charge in [0.15, 0.2) is 5.78 Å². The molecule has 2 aliphatic rings. The summed E-state index contributed by atoms with van der Waals surface area (Å²) in [6, 6.07) is 10.4. The maximum atomic E-state index is 13.8. The van der Waals surface area contributed by atoms with Crippen LogP contribution >= 0.6 is 0 Å². The van der Waals surface area contributed by atoms with Gasteiger partial charge in [-0.3, -0.25) is 9.69 Å². The lowest BCUT2D eigenvalue weighted by Crippen LogP contribution is -2.53. The minimum atomic E-state index is -2.20. The van der Waals surface area contributed by atoms with Crippen LogP contribution in [0.1, 0.15) is 100 Å². The lowest BCUT2D eigenvalue weighted by Gasteiger charge is -2.47. The van der Waals surface area contributed by atoms with Crippen molar-refractivity contribution in [3.8, 4) is 0 Å². The molecule has 0 bridgehead atoms. The third-order valence-corrected chi connectivity index (χ3v) is 16.9. The molecule has 0 unspecified atom stereocenters. The van der Waals surface area contributed by atoms with Gasteiger partial charge in [-0.25, -0.2) is 4.79 Å². The fourth-order valence-electron chi connectivity index (χ4n) is 7.89. The van der Waals surface area contributed by atoms with Crippen LogP contribution in [0.25, 0.3) is 0 Å². The molecular formula is C32H51NO3Si. The first kappa shape index (κ1) is 29.7. The maximum absolute atomic E-state index is 13.8. The van der Waals surface area contributed by atoms with Gasteiger partial charge in [-0.15, -0.1) is 0 Å². The quantitative estimate of drug-likeness (QED) is 0.335. The van der Waals surface area contributed by atoms with Crippen molar-refractivity contribution in [2.24, 2.45) is 11.8 Å². The van der Waals surface area contributed by atoms with Crippen LogP contribution in [0.5, 0.6) is 0 Å². The molecule has 0 N–H and O–H groups in total. The van der Waals surface area contributed by atoms with E-state index in [-0.39, 0.29) is 35.4 Å². The Morgan fingerprint density at radius 1 is 0.973 bits per heavy atom. The number of carbonyl (C=O) groups excluding carboxylic acids is 2. The van der Waals surface area contributed by atoms with Gasteiger partial charge in [-0.05, 0) is 58.5 Å². The van der Waals surface area contributed by atoms with Crippen molar-refractivity contribution >= 4 is 20.0 Å². The predicted molar refractivity (Wildman–Crippen MR) is 156 cm³/mol. The molecule has 206 valence electrons. The van der Waals surface area contributed by atoms with E-state index in [1.165, 1.54) is 5.56 Å². The van der Waals surface area contributed by atoms with Crippen LogP contribution in [0.15, 0.2) is 41.7 Å². The Hall–Kier alpha value is -1.88. The summed E-state index contributed by atoms with van der Waals surface area (Å²) in [5.74, 6) is 0.999. The number of Topliss-reactive ketones (excluding diaryl/α,β-unsaturated/α-hetero) is 1. The molecule has 4 atom stereocenters. The first-order chi connectivity index (χ1) is 17.2. The van der Waals surface area contributed by atoms with Gasteiger partial charge < -0.3 is 4.74 Å².